The van der Waals surface area contributed by atoms with Gasteiger partial charge in [0, 0.05) is 5.84 Å². The number of amidine groups is 1. The van der Waals surface area contributed by atoms with Crippen LogP contribution in [0.1, 0.15) is 4.88 Å². The van der Waals surface area contributed by atoms with Crippen molar-refractivity contribution in [2.75, 3.05) is 0 Å². The number of hydrogen-bond donors (Lipinski definition) is 2. The summed E-state index contributed by atoms with van der Waals surface area (Å²) >= 11 is 1.43. The molecule has 1 aromatic rings. The zero-order chi connectivity index (χ0) is 5.98. The minimum atomic E-state index is 0. The molecular formula is C5H5LiN2S. The van der Waals surface area contributed by atoms with Gasteiger partial charge in [-0.15, -0.1) is 5.38 Å². The molecule has 0 aromatic carbocycles. The molecule has 42 valence electrons. The van der Waals surface area contributed by atoms with Crippen LogP contribution in [0.5, 0.6) is 0 Å². The second-order valence-electron chi connectivity index (χ2n) is 1.31. The van der Waals surface area contributed by atoms with Crippen LogP contribution in [0, 0.1) is 11.5 Å². The van der Waals surface area contributed by atoms with E-state index in [-0.39, 0.29) is 24.7 Å². The molecule has 9 heavy (non-hydrogen) atoms. The van der Waals surface area contributed by atoms with Gasteiger partial charge in [-0.25, -0.2) is 11.3 Å². The van der Waals surface area contributed by atoms with Crippen LogP contribution in [-0.2, 0) is 0 Å². The fraction of sp³-hybridized carbons (Fsp3) is 0. The second-order valence-corrected chi connectivity index (χ2v) is 2.22. The van der Waals surface area contributed by atoms with Crippen molar-refractivity contribution < 1.29 is 18.9 Å². The summed E-state index contributed by atoms with van der Waals surface area (Å²) in [5, 5.41) is 8.75. The van der Waals surface area contributed by atoms with Crippen LogP contribution in [0.3, 0.4) is 0 Å². The molecule has 0 radical (unpaired) electrons. The molecule has 4 heteroatoms. The van der Waals surface area contributed by atoms with Gasteiger partial charge in [-0.05, 0) is 0 Å². The quantitative estimate of drug-likeness (QED) is 0.194. The van der Waals surface area contributed by atoms with Crippen molar-refractivity contribution in [1.82, 2.24) is 0 Å². The summed E-state index contributed by atoms with van der Waals surface area (Å²) in [6.07, 6.45) is 0. The van der Waals surface area contributed by atoms with Gasteiger partial charge in [-0.1, -0.05) is 4.88 Å². The Kier molecular flexibility index (Phi) is 3.63. The Labute approximate surface area is 69.8 Å². The van der Waals surface area contributed by atoms with Crippen LogP contribution in [0.25, 0.3) is 0 Å². The Hall–Kier alpha value is -0.233. The average Bonchev–Trinajstić information content (AvgIpc) is 2.12. The number of nitrogens with one attached hydrogen (secondary N) is 1. The Morgan fingerprint density at radius 1 is 1.78 bits per heavy atom. The summed E-state index contributed by atoms with van der Waals surface area (Å²) in [5.41, 5.74) is 5.12. The van der Waals surface area contributed by atoms with Gasteiger partial charge in [0.05, 0.1) is 0 Å². The molecule has 3 N–H and O–H groups in total. The van der Waals surface area contributed by atoms with Crippen molar-refractivity contribution in [2.45, 2.75) is 0 Å². The monoisotopic (exact) mass is 132 g/mol. The SMILES string of the molecule is N=C(N)c1[c-]ccs1.[Li+]. The summed E-state index contributed by atoms with van der Waals surface area (Å²) in [5.74, 6) is 0.0972. The van der Waals surface area contributed by atoms with Crippen LogP contribution < -0.4 is 24.6 Å². The zero-order valence-electron chi connectivity index (χ0n) is 5.14. The number of rotatable bonds is 1. The van der Waals surface area contributed by atoms with Gasteiger partial charge in [0.2, 0.25) is 0 Å². The summed E-state index contributed by atoms with van der Waals surface area (Å²) < 4.78 is 0. The second kappa shape index (κ2) is 3.73. The maximum absolute atomic E-state index is 6.91. The van der Waals surface area contributed by atoms with Crippen LogP contribution in [0.2, 0.25) is 0 Å². The van der Waals surface area contributed by atoms with E-state index in [1.807, 2.05) is 5.38 Å². The Bertz CT molecular complexity index is 183. The average molecular weight is 132 g/mol. The van der Waals surface area contributed by atoms with Crippen molar-refractivity contribution in [3.05, 3.63) is 22.4 Å². The fourth-order valence-corrected chi connectivity index (χ4v) is 0.922. The first-order valence-electron chi connectivity index (χ1n) is 2.10. The molecule has 0 fully saturated rings. The summed E-state index contributed by atoms with van der Waals surface area (Å²) in [7, 11) is 0. The van der Waals surface area contributed by atoms with Gasteiger partial charge >= 0.3 is 18.9 Å². The van der Waals surface area contributed by atoms with E-state index in [2.05, 4.69) is 6.07 Å². The molecule has 0 amide bonds. The number of nitrogens with two attached hydrogens (primary N) is 1. The standard InChI is InChI=1S/C5H5N2S.Li/c6-5(7)4-2-1-3-8-4;/h1,3H,(H3,6,7);/q-1;+1. The van der Waals surface area contributed by atoms with E-state index in [1.54, 1.807) is 6.07 Å². The molecule has 2 nitrogen and oxygen atoms in total. The Balaban J connectivity index is 0.000000640. The van der Waals surface area contributed by atoms with Crippen molar-refractivity contribution in [3.63, 3.8) is 0 Å². The third-order valence-electron chi connectivity index (χ3n) is 0.713. The largest absolute Gasteiger partial charge is 1.00 e. The van der Waals surface area contributed by atoms with E-state index >= 15 is 0 Å². The first-order chi connectivity index (χ1) is 3.80. The molecule has 0 saturated carbocycles. The van der Waals surface area contributed by atoms with Crippen molar-refractivity contribution >= 4 is 17.2 Å². The van der Waals surface area contributed by atoms with Crippen LogP contribution in [0.15, 0.2) is 11.4 Å². The van der Waals surface area contributed by atoms with Crippen molar-refractivity contribution in [2.24, 2.45) is 5.73 Å². The van der Waals surface area contributed by atoms with Gasteiger partial charge in [-0.3, -0.25) is 0 Å². The molecule has 1 rings (SSSR count). The Morgan fingerprint density at radius 3 is 2.67 bits per heavy atom. The minimum Gasteiger partial charge on any atom is -0.434 e. The molecule has 0 aliphatic carbocycles. The van der Waals surface area contributed by atoms with Gasteiger partial charge in [0.1, 0.15) is 0 Å². The third-order valence-corrected chi connectivity index (χ3v) is 1.56. The molecule has 0 aliphatic rings. The molecule has 0 atom stereocenters. The normalized spacial score (nSPS) is 8.00. The Morgan fingerprint density at radius 2 is 2.44 bits per heavy atom. The summed E-state index contributed by atoms with van der Waals surface area (Å²) in [6, 6.07) is 4.56. The fourth-order valence-electron chi connectivity index (χ4n) is 0.387. The number of thiophene rings is 1. The first kappa shape index (κ1) is 8.77. The van der Waals surface area contributed by atoms with E-state index in [0.29, 0.717) is 4.88 Å². The molecule has 0 spiro atoms. The van der Waals surface area contributed by atoms with E-state index in [4.69, 9.17) is 11.1 Å². The molecule has 0 bridgehead atoms. The topological polar surface area (TPSA) is 49.9 Å². The first-order valence-corrected chi connectivity index (χ1v) is 2.98. The van der Waals surface area contributed by atoms with Crippen LogP contribution in [-0.4, -0.2) is 5.84 Å². The van der Waals surface area contributed by atoms with Gasteiger partial charge in [0.25, 0.3) is 0 Å². The van der Waals surface area contributed by atoms with Crippen molar-refractivity contribution in [1.29, 1.82) is 5.41 Å². The van der Waals surface area contributed by atoms with Crippen LogP contribution >= 0.6 is 11.3 Å². The molecule has 1 aromatic heterocycles. The zero-order valence-corrected chi connectivity index (χ0v) is 5.96. The predicted octanol–water partition coefficient (Wildman–Crippen LogP) is -2.16. The van der Waals surface area contributed by atoms with E-state index in [9.17, 15) is 0 Å². The van der Waals surface area contributed by atoms with Crippen molar-refractivity contribution in [3.8, 4) is 0 Å². The number of hydrogen-bond acceptors (Lipinski definition) is 2. The molecule has 0 saturated heterocycles. The van der Waals surface area contributed by atoms with Crippen LogP contribution in [0.4, 0.5) is 0 Å². The minimum absolute atomic E-state index is 0. The van der Waals surface area contributed by atoms with E-state index < -0.39 is 0 Å². The molecule has 1 heterocycles. The van der Waals surface area contributed by atoms with Gasteiger partial charge < -0.3 is 11.1 Å². The maximum Gasteiger partial charge on any atom is 1.00 e. The maximum atomic E-state index is 6.91. The van der Waals surface area contributed by atoms with Gasteiger partial charge in [0.15, 0.2) is 0 Å². The third kappa shape index (κ3) is 2.23. The summed E-state index contributed by atoms with van der Waals surface area (Å²) in [6.45, 7) is 0. The van der Waals surface area contributed by atoms with E-state index in [1.165, 1.54) is 11.3 Å². The molecule has 0 unspecified atom stereocenters. The molecule has 0 aliphatic heterocycles. The summed E-state index contributed by atoms with van der Waals surface area (Å²) in [4.78, 5) is 0.713. The smallest absolute Gasteiger partial charge is 0.434 e. The van der Waals surface area contributed by atoms with Gasteiger partial charge in [-0.2, -0.15) is 12.1 Å². The molecular weight excluding hydrogens is 127 g/mol. The predicted molar refractivity (Wildman–Crippen MR) is 34.2 cm³/mol. The van der Waals surface area contributed by atoms with E-state index in [0.717, 1.165) is 0 Å². The number of nitrogen functional groups attached to an aromatic ring is 1.